The van der Waals surface area contributed by atoms with Gasteiger partial charge in [0.1, 0.15) is 4.32 Å². The van der Waals surface area contributed by atoms with Crippen molar-refractivity contribution < 1.29 is 9.59 Å². The molecule has 1 aliphatic carbocycles. The SMILES string of the molecule is CC(C)(C)C(=O)N1CC[C@@H]2C(=O)C(C)(Br)[C@@H]21. The van der Waals surface area contributed by atoms with E-state index in [0.29, 0.717) is 0 Å². The molecule has 3 atom stereocenters. The van der Waals surface area contributed by atoms with Gasteiger partial charge >= 0.3 is 0 Å². The van der Waals surface area contributed by atoms with Crippen LogP contribution in [0.25, 0.3) is 0 Å². The summed E-state index contributed by atoms with van der Waals surface area (Å²) in [6.45, 7) is 8.38. The summed E-state index contributed by atoms with van der Waals surface area (Å²) in [5.41, 5.74) is -0.364. The lowest BCUT2D eigenvalue weighted by atomic mass is 9.69. The summed E-state index contributed by atoms with van der Waals surface area (Å²) in [7, 11) is 0. The second kappa shape index (κ2) is 3.31. The van der Waals surface area contributed by atoms with Crippen molar-refractivity contribution in [2.75, 3.05) is 6.54 Å². The van der Waals surface area contributed by atoms with Gasteiger partial charge in [0.05, 0.1) is 6.04 Å². The molecule has 1 heterocycles. The number of fused-ring (bicyclic) bond motifs is 1. The van der Waals surface area contributed by atoms with Crippen molar-refractivity contribution in [3.63, 3.8) is 0 Å². The summed E-state index contributed by atoms with van der Waals surface area (Å²) in [4.78, 5) is 25.9. The van der Waals surface area contributed by atoms with Crippen LogP contribution in [0.5, 0.6) is 0 Å². The minimum absolute atomic E-state index is 0.0618. The second-order valence-corrected chi connectivity index (χ2v) is 7.68. The molecule has 0 aromatic carbocycles. The Morgan fingerprint density at radius 3 is 2.56 bits per heavy atom. The Kier molecular flexibility index (Phi) is 2.50. The van der Waals surface area contributed by atoms with Crippen molar-refractivity contribution in [3.8, 4) is 0 Å². The fourth-order valence-corrected chi connectivity index (χ4v) is 3.67. The van der Waals surface area contributed by atoms with E-state index in [4.69, 9.17) is 0 Å². The van der Waals surface area contributed by atoms with Gasteiger partial charge in [-0.1, -0.05) is 36.7 Å². The first-order valence-corrected chi connectivity index (χ1v) is 6.51. The van der Waals surface area contributed by atoms with E-state index in [0.717, 1.165) is 13.0 Å². The van der Waals surface area contributed by atoms with Gasteiger partial charge in [0, 0.05) is 17.9 Å². The summed E-state index contributed by atoms with van der Waals surface area (Å²) in [6, 6.07) is 0.0618. The summed E-state index contributed by atoms with van der Waals surface area (Å²) < 4.78 is -0.519. The van der Waals surface area contributed by atoms with Gasteiger partial charge in [0.2, 0.25) is 5.91 Å². The lowest BCUT2D eigenvalue weighted by Gasteiger charge is -2.48. The molecular formula is C12H18BrNO2. The molecule has 90 valence electrons. The number of hydrogen-bond donors (Lipinski definition) is 0. The molecule has 4 heteroatoms. The predicted octanol–water partition coefficient (Wildman–Crippen LogP) is 1.99. The molecule has 16 heavy (non-hydrogen) atoms. The van der Waals surface area contributed by atoms with Crippen LogP contribution in [0.15, 0.2) is 0 Å². The zero-order valence-electron chi connectivity index (χ0n) is 10.2. The lowest BCUT2D eigenvalue weighted by Crippen LogP contribution is -2.66. The highest BCUT2D eigenvalue weighted by atomic mass is 79.9. The normalized spacial score (nSPS) is 38.3. The highest BCUT2D eigenvalue weighted by molar-refractivity contribution is 9.10. The third kappa shape index (κ3) is 1.45. The number of carbonyl (C=O) groups is 2. The molecule has 1 unspecified atom stereocenters. The Bertz CT molecular complexity index is 357. The summed E-state index contributed by atoms with van der Waals surface area (Å²) in [5.74, 6) is 0.468. The number of likely N-dealkylation sites (tertiary alicyclic amines) is 1. The van der Waals surface area contributed by atoms with Crippen molar-refractivity contribution in [1.29, 1.82) is 0 Å². The molecule has 0 N–H and O–H groups in total. The molecule has 3 nitrogen and oxygen atoms in total. The summed E-state index contributed by atoms with van der Waals surface area (Å²) >= 11 is 3.47. The van der Waals surface area contributed by atoms with Crippen LogP contribution >= 0.6 is 15.9 Å². The average Bonchev–Trinajstić information content (AvgIpc) is 2.56. The number of halogens is 1. The molecule has 1 saturated heterocycles. The van der Waals surface area contributed by atoms with Gasteiger partial charge in [-0.2, -0.15) is 0 Å². The lowest BCUT2D eigenvalue weighted by molar-refractivity contribution is -0.147. The highest BCUT2D eigenvalue weighted by Crippen LogP contribution is 2.50. The molecule has 1 saturated carbocycles. The first-order valence-electron chi connectivity index (χ1n) is 5.71. The maximum atomic E-state index is 12.2. The van der Waals surface area contributed by atoms with Crippen molar-refractivity contribution in [2.24, 2.45) is 11.3 Å². The van der Waals surface area contributed by atoms with Crippen molar-refractivity contribution in [3.05, 3.63) is 0 Å². The molecule has 0 bridgehead atoms. The van der Waals surface area contributed by atoms with Crippen LogP contribution in [0, 0.1) is 11.3 Å². The van der Waals surface area contributed by atoms with Crippen molar-refractivity contribution in [2.45, 2.75) is 44.5 Å². The number of amides is 1. The highest BCUT2D eigenvalue weighted by Gasteiger charge is 2.64. The van der Waals surface area contributed by atoms with E-state index in [1.165, 1.54) is 0 Å². The van der Waals surface area contributed by atoms with E-state index in [1.807, 2.05) is 32.6 Å². The maximum Gasteiger partial charge on any atom is 0.228 e. The van der Waals surface area contributed by atoms with Crippen LogP contribution < -0.4 is 0 Å². The van der Waals surface area contributed by atoms with Crippen LogP contribution in [-0.4, -0.2) is 33.5 Å². The van der Waals surface area contributed by atoms with E-state index in [-0.39, 0.29) is 29.1 Å². The number of alkyl halides is 1. The first kappa shape index (κ1) is 12.1. The van der Waals surface area contributed by atoms with Crippen LogP contribution in [0.2, 0.25) is 0 Å². The van der Waals surface area contributed by atoms with Gasteiger partial charge in [0.15, 0.2) is 5.78 Å². The van der Waals surface area contributed by atoms with Gasteiger partial charge in [-0.3, -0.25) is 9.59 Å². The van der Waals surface area contributed by atoms with Crippen LogP contribution in [0.1, 0.15) is 34.1 Å². The molecule has 1 aliphatic heterocycles. The summed E-state index contributed by atoms with van der Waals surface area (Å²) in [6.07, 6.45) is 0.826. The minimum Gasteiger partial charge on any atom is -0.337 e. The zero-order chi connectivity index (χ0) is 12.3. The van der Waals surface area contributed by atoms with Crippen LogP contribution in [0.4, 0.5) is 0 Å². The van der Waals surface area contributed by atoms with Gasteiger partial charge in [0.25, 0.3) is 0 Å². The molecule has 0 aromatic rings. The molecular weight excluding hydrogens is 270 g/mol. The summed E-state index contributed by atoms with van der Waals surface area (Å²) in [5, 5.41) is 0. The molecule has 1 amide bonds. The maximum absolute atomic E-state index is 12.2. The van der Waals surface area contributed by atoms with E-state index in [2.05, 4.69) is 15.9 Å². The number of nitrogens with zero attached hydrogens (tertiary/aromatic N) is 1. The topological polar surface area (TPSA) is 37.4 Å². The van der Waals surface area contributed by atoms with Gasteiger partial charge in [-0.25, -0.2) is 0 Å². The number of ketones is 1. The Balaban J connectivity index is 2.22. The smallest absolute Gasteiger partial charge is 0.228 e. The van der Waals surface area contributed by atoms with Crippen LogP contribution in [-0.2, 0) is 9.59 Å². The Morgan fingerprint density at radius 2 is 2.06 bits per heavy atom. The molecule has 0 aromatic heterocycles. The van der Waals surface area contributed by atoms with E-state index in [9.17, 15) is 9.59 Å². The fraction of sp³-hybridized carbons (Fsp3) is 0.833. The van der Waals surface area contributed by atoms with Crippen molar-refractivity contribution >= 4 is 27.6 Å². The largest absolute Gasteiger partial charge is 0.337 e. The van der Waals surface area contributed by atoms with E-state index < -0.39 is 4.32 Å². The standard InChI is InChI=1S/C12H18BrNO2/c1-11(2,3)10(16)14-6-5-7-8(14)12(4,13)9(7)15/h7-8H,5-6H2,1-4H3/t7-,8+,12?/m0/s1. The molecule has 2 fully saturated rings. The Hall–Kier alpha value is -0.380. The zero-order valence-corrected chi connectivity index (χ0v) is 11.8. The number of rotatable bonds is 0. The minimum atomic E-state index is -0.519. The molecule has 0 radical (unpaired) electrons. The van der Waals surface area contributed by atoms with Gasteiger partial charge in [-0.15, -0.1) is 0 Å². The van der Waals surface area contributed by atoms with E-state index in [1.54, 1.807) is 0 Å². The quantitative estimate of drug-likeness (QED) is 0.639. The van der Waals surface area contributed by atoms with Gasteiger partial charge < -0.3 is 4.90 Å². The van der Waals surface area contributed by atoms with E-state index >= 15 is 0 Å². The van der Waals surface area contributed by atoms with Crippen LogP contribution in [0.3, 0.4) is 0 Å². The van der Waals surface area contributed by atoms with Crippen molar-refractivity contribution in [1.82, 2.24) is 4.90 Å². The molecule has 2 aliphatic rings. The Labute approximate surface area is 105 Å². The molecule has 0 spiro atoms. The number of hydrogen-bond acceptors (Lipinski definition) is 2. The predicted molar refractivity (Wildman–Crippen MR) is 65.4 cm³/mol. The Morgan fingerprint density at radius 1 is 1.50 bits per heavy atom. The number of carbonyl (C=O) groups excluding carboxylic acids is 2. The second-order valence-electron chi connectivity index (χ2n) is 6.03. The van der Waals surface area contributed by atoms with Gasteiger partial charge in [-0.05, 0) is 13.3 Å². The number of Topliss-reactive ketones (excluding diaryl/α,β-unsaturated/α-hetero) is 1. The first-order chi connectivity index (χ1) is 7.17. The third-order valence-corrected chi connectivity index (χ3v) is 4.53. The average molecular weight is 288 g/mol. The monoisotopic (exact) mass is 287 g/mol. The molecule has 2 rings (SSSR count). The fourth-order valence-electron chi connectivity index (χ4n) is 2.81. The third-order valence-electron chi connectivity index (χ3n) is 3.67.